The summed E-state index contributed by atoms with van der Waals surface area (Å²) in [6.07, 6.45) is 3.06. The number of carbonyl (C=O) groups excluding carboxylic acids is 2. The Morgan fingerprint density at radius 2 is 2.14 bits per heavy atom. The maximum Gasteiger partial charge on any atom is 0.307 e. The largest absolute Gasteiger partial charge is 0.466 e. The molecule has 5 nitrogen and oxygen atoms in total. The molecule has 0 fully saturated rings. The molecule has 0 radical (unpaired) electrons. The molecule has 0 aliphatic rings. The predicted octanol–water partition coefficient (Wildman–Crippen LogP) is 2.77. The summed E-state index contributed by atoms with van der Waals surface area (Å²) in [5, 5.41) is 0.935. The monoisotopic (exact) mass is 302 g/mol. The number of rotatable bonds is 7. The molecule has 2 rings (SSSR count). The van der Waals surface area contributed by atoms with Gasteiger partial charge in [0.2, 0.25) is 0 Å². The van der Waals surface area contributed by atoms with Crippen LogP contribution in [0.25, 0.3) is 10.9 Å². The summed E-state index contributed by atoms with van der Waals surface area (Å²) in [6, 6.07) is 6.03. The summed E-state index contributed by atoms with van der Waals surface area (Å²) in [7, 11) is 1.92. The van der Waals surface area contributed by atoms with Crippen molar-refractivity contribution in [2.45, 2.75) is 20.3 Å². The van der Waals surface area contributed by atoms with Crippen LogP contribution in [0.4, 0.5) is 5.69 Å². The molecule has 0 unspecified atom stereocenters. The lowest BCUT2D eigenvalue weighted by Gasteiger charge is -2.23. The van der Waals surface area contributed by atoms with Gasteiger partial charge in [-0.3, -0.25) is 9.59 Å². The molecule has 0 atom stereocenters. The number of aldehydes is 1. The van der Waals surface area contributed by atoms with Crippen molar-refractivity contribution in [1.29, 1.82) is 0 Å². The van der Waals surface area contributed by atoms with Crippen LogP contribution in [0.2, 0.25) is 0 Å². The van der Waals surface area contributed by atoms with Crippen LogP contribution < -0.4 is 4.90 Å². The number of esters is 1. The van der Waals surface area contributed by atoms with Crippen LogP contribution in [-0.2, 0) is 16.6 Å². The van der Waals surface area contributed by atoms with Crippen LogP contribution in [0.15, 0.2) is 24.4 Å². The van der Waals surface area contributed by atoms with Crippen molar-refractivity contribution in [3.05, 3.63) is 30.0 Å². The average molecular weight is 302 g/mol. The second-order valence-electron chi connectivity index (χ2n) is 5.15. The van der Waals surface area contributed by atoms with Gasteiger partial charge in [0, 0.05) is 48.5 Å². The minimum atomic E-state index is -0.185. The Balaban J connectivity index is 2.23. The first-order valence-corrected chi connectivity index (χ1v) is 7.55. The number of benzene rings is 1. The number of hydrogen-bond donors (Lipinski definition) is 0. The Morgan fingerprint density at radius 3 is 2.77 bits per heavy atom. The first-order valence-electron chi connectivity index (χ1n) is 7.55. The van der Waals surface area contributed by atoms with Crippen molar-refractivity contribution < 1.29 is 14.3 Å². The number of anilines is 1. The summed E-state index contributed by atoms with van der Waals surface area (Å²) in [6.45, 7) is 5.64. The number of aromatic nitrogens is 1. The highest BCUT2D eigenvalue weighted by molar-refractivity contribution is 5.99. The van der Waals surface area contributed by atoms with Gasteiger partial charge in [0.15, 0.2) is 6.29 Å². The van der Waals surface area contributed by atoms with Crippen molar-refractivity contribution in [1.82, 2.24) is 4.57 Å². The highest BCUT2D eigenvalue weighted by Crippen LogP contribution is 2.25. The van der Waals surface area contributed by atoms with Gasteiger partial charge in [-0.2, -0.15) is 0 Å². The lowest BCUT2D eigenvalue weighted by molar-refractivity contribution is -0.142. The molecule has 1 aromatic carbocycles. The number of aryl methyl sites for hydroxylation is 1. The first kappa shape index (κ1) is 16.1. The molecular formula is C17H22N2O3. The van der Waals surface area contributed by atoms with Gasteiger partial charge in [0.1, 0.15) is 0 Å². The van der Waals surface area contributed by atoms with Gasteiger partial charge in [0.05, 0.1) is 13.0 Å². The van der Waals surface area contributed by atoms with Gasteiger partial charge in [-0.15, -0.1) is 0 Å². The van der Waals surface area contributed by atoms with Crippen LogP contribution in [0.1, 0.15) is 30.6 Å². The van der Waals surface area contributed by atoms with E-state index in [4.69, 9.17) is 4.74 Å². The third-order valence-corrected chi connectivity index (χ3v) is 3.77. The van der Waals surface area contributed by atoms with Crippen LogP contribution >= 0.6 is 0 Å². The summed E-state index contributed by atoms with van der Waals surface area (Å²) in [5.74, 6) is -0.185. The smallest absolute Gasteiger partial charge is 0.307 e. The second-order valence-corrected chi connectivity index (χ2v) is 5.15. The van der Waals surface area contributed by atoms with Crippen LogP contribution in [-0.4, -0.2) is 36.5 Å². The standard InChI is InChI=1S/C17H22N2O3/c1-4-19(9-8-17(21)22-5-2)14-6-7-16-15(10-14)13(12-20)11-18(16)3/h6-7,10-12H,4-5,8-9H2,1-3H3. The molecule has 22 heavy (non-hydrogen) atoms. The number of hydrogen-bond acceptors (Lipinski definition) is 4. The number of carbonyl (C=O) groups is 2. The van der Waals surface area contributed by atoms with E-state index in [1.165, 1.54) is 0 Å². The minimum Gasteiger partial charge on any atom is -0.466 e. The molecule has 0 saturated carbocycles. The predicted molar refractivity (Wildman–Crippen MR) is 87.4 cm³/mol. The average Bonchev–Trinajstić information content (AvgIpc) is 2.84. The van der Waals surface area contributed by atoms with E-state index in [0.29, 0.717) is 25.1 Å². The van der Waals surface area contributed by atoms with Crippen LogP contribution in [0, 0.1) is 0 Å². The van der Waals surface area contributed by atoms with Gasteiger partial charge in [-0.05, 0) is 32.0 Å². The van der Waals surface area contributed by atoms with E-state index in [2.05, 4.69) is 4.90 Å². The Bertz CT molecular complexity index is 676. The Labute approximate surface area is 130 Å². The Kier molecular flexibility index (Phi) is 5.20. The normalized spacial score (nSPS) is 10.7. The van der Waals surface area contributed by atoms with Crippen LogP contribution in [0.5, 0.6) is 0 Å². The van der Waals surface area contributed by atoms with E-state index in [1.807, 2.05) is 42.9 Å². The fourth-order valence-corrected chi connectivity index (χ4v) is 2.63. The highest BCUT2D eigenvalue weighted by Gasteiger charge is 2.12. The molecule has 0 bridgehead atoms. The van der Waals surface area contributed by atoms with Crippen molar-refractivity contribution in [2.24, 2.45) is 7.05 Å². The Hall–Kier alpha value is -2.30. The van der Waals surface area contributed by atoms with Crippen molar-refractivity contribution in [3.63, 3.8) is 0 Å². The van der Waals surface area contributed by atoms with Gasteiger partial charge in [0.25, 0.3) is 0 Å². The molecule has 0 amide bonds. The van der Waals surface area contributed by atoms with Crippen molar-refractivity contribution in [2.75, 3.05) is 24.6 Å². The molecule has 0 N–H and O–H groups in total. The molecule has 118 valence electrons. The van der Waals surface area contributed by atoms with E-state index in [1.54, 1.807) is 6.92 Å². The lowest BCUT2D eigenvalue weighted by Crippen LogP contribution is -2.26. The molecule has 0 aliphatic carbocycles. The molecule has 0 spiro atoms. The molecule has 1 heterocycles. The zero-order valence-electron chi connectivity index (χ0n) is 13.3. The van der Waals surface area contributed by atoms with E-state index in [9.17, 15) is 9.59 Å². The SMILES string of the molecule is CCOC(=O)CCN(CC)c1ccc2c(c1)c(C=O)cn2C. The molecule has 2 aromatic rings. The summed E-state index contributed by atoms with van der Waals surface area (Å²) >= 11 is 0. The quantitative estimate of drug-likeness (QED) is 0.583. The fourth-order valence-electron chi connectivity index (χ4n) is 2.63. The lowest BCUT2D eigenvalue weighted by atomic mass is 10.1. The maximum atomic E-state index is 11.5. The summed E-state index contributed by atoms with van der Waals surface area (Å²) < 4.78 is 6.91. The number of ether oxygens (including phenoxy) is 1. The van der Waals surface area contributed by atoms with Gasteiger partial charge in [-0.25, -0.2) is 0 Å². The third-order valence-electron chi connectivity index (χ3n) is 3.77. The topological polar surface area (TPSA) is 51.5 Å². The van der Waals surface area contributed by atoms with E-state index < -0.39 is 0 Å². The molecule has 5 heteroatoms. The molecule has 0 aliphatic heterocycles. The molecule has 0 saturated heterocycles. The Morgan fingerprint density at radius 1 is 1.36 bits per heavy atom. The zero-order chi connectivity index (χ0) is 16.1. The summed E-state index contributed by atoms with van der Waals surface area (Å²) in [5.41, 5.74) is 2.71. The van der Waals surface area contributed by atoms with E-state index >= 15 is 0 Å². The molecular weight excluding hydrogens is 280 g/mol. The van der Waals surface area contributed by atoms with Gasteiger partial charge in [-0.1, -0.05) is 0 Å². The highest BCUT2D eigenvalue weighted by atomic mass is 16.5. The van der Waals surface area contributed by atoms with Crippen molar-refractivity contribution in [3.8, 4) is 0 Å². The molecule has 1 aromatic heterocycles. The second kappa shape index (κ2) is 7.11. The third kappa shape index (κ3) is 3.30. The minimum absolute atomic E-state index is 0.185. The zero-order valence-corrected chi connectivity index (χ0v) is 13.3. The first-order chi connectivity index (χ1) is 10.6. The van der Waals surface area contributed by atoms with Crippen LogP contribution in [0.3, 0.4) is 0 Å². The maximum absolute atomic E-state index is 11.5. The van der Waals surface area contributed by atoms with E-state index in [-0.39, 0.29) is 5.97 Å². The van der Waals surface area contributed by atoms with E-state index in [0.717, 1.165) is 29.4 Å². The van der Waals surface area contributed by atoms with Gasteiger partial charge < -0.3 is 14.2 Å². The number of fused-ring (bicyclic) bond motifs is 1. The number of nitrogens with zero attached hydrogens (tertiary/aromatic N) is 2. The fraction of sp³-hybridized carbons (Fsp3) is 0.412. The van der Waals surface area contributed by atoms with Crippen molar-refractivity contribution >= 4 is 28.8 Å². The van der Waals surface area contributed by atoms with Gasteiger partial charge >= 0.3 is 5.97 Å². The summed E-state index contributed by atoms with van der Waals surface area (Å²) in [4.78, 5) is 24.8.